The van der Waals surface area contributed by atoms with E-state index in [0.29, 0.717) is 0 Å². The van der Waals surface area contributed by atoms with E-state index in [1.165, 1.54) is 6.07 Å². The van der Waals surface area contributed by atoms with Gasteiger partial charge in [0.05, 0.1) is 0 Å². The molecule has 0 spiro atoms. The van der Waals surface area contributed by atoms with E-state index < -0.39 is 0 Å². The molecule has 0 radical (unpaired) electrons. The van der Waals surface area contributed by atoms with Crippen LogP contribution in [0.1, 0.15) is 12.0 Å². The molecule has 1 aromatic rings. The number of nitrogens with zero attached hydrogens (tertiary/aromatic N) is 1. The highest BCUT2D eigenvalue weighted by Crippen LogP contribution is 2.04. The molecule has 1 aromatic carbocycles. The van der Waals surface area contributed by atoms with Gasteiger partial charge in [-0.3, -0.25) is 0 Å². The predicted octanol–water partition coefficient (Wildman–Crippen LogP) is 1.65. The molecule has 0 bridgehead atoms. The maximum Gasteiger partial charge on any atom is 0.123 e. The van der Waals surface area contributed by atoms with Crippen molar-refractivity contribution in [2.24, 2.45) is 5.73 Å². The van der Waals surface area contributed by atoms with Crippen molar-refractivity contribution in [2.75, 3.05) is 26.7 Å². The third-order valence-corrected chi connectivity index (χ3v) is 2.42. The van der Waals surface area contributed by atoms with Crippen LogP contribution < -0.4 is 5.73 Å². The summed E-state index contributed by atoms with van der Waals surface area (Å²) in [7, 11) is 2.06. The van der Waals surface area contributed by atoms with E-state index in [9.17, 15) is 4.39 Å². The van der Waals surface area contributed by atoms with Gasteiger partial charge in [0.25, 0.3) is 0 Å². The Bertz CT molecular complexity index is 289. The second-order valence-corrected chi connectivity index (χ2v) is 3.83. The van der Waals surface area contributed by atoms with E-state index in [-0.39, 0.29) is 5.82 Å². The molecule has 0 atom stereocenters. The lowest BCUT2D eigenvalue weighted by atomic mass is 10.1. The molecule has 0 aliphatic heterocycles. The van der Waals surface area contributed by atoms with Crippen LogP contribution in [-0.4, -0.2) is 31.6 Å². The van der Waals surface area contributed by atoms with E-state index in [1.807, 2.05) is 6.07 Å². The van der Waals surface area contributed by atoms with Crippen LogP contribution in [0.5, 0.6) is 0 Å². The predicted molar refractivity (Wildman–Crippen MR) is 61.3 cm³/mol. The minimum atomic E-state index is -0.155. The van der Waals surface area contributed by atoms with Crippen molar-refractivity contribution in [3.8, 4) is 0 Å². The van der Waals surface area contributed by atoms with Crippen molar-refractivity contribution in [1.82, 2.24) is 4.90 Å². The van der Waals surface area contributed by atoms with Crippen LogP contribution in [-0.2, 0) is 6.42 Å². The maximum absolute atomic E-state index is 12.9. The lowest BCUT2D eigenvalue weighted by Crippen LogP contribution is -2.24. The smallest absolute Gasteiger partial charge is 0.123 e. The average Bonchev–Trinajstić information content (AvgIpc) is 2.23. The van der Waals surface area contributed by atoms with Gasteiger partial charge in [0, 0.05) is 6.54 Å². The summed E-state index contributed by atoms with van der Waals surface area (Å²) in [6.45, 7) is 2.68. The fraction of sp³-hybridized carbons (Fsp3) is 0.500. The summed E-state index contributed by atoms with van der Waals surface area (Å²) >= 11 is 0. The van der Waals surface area contributed by atoms with Crippen molar-refractivity contribution in [2.45, 2.75) is 12.8 Å². The average molecular weight is 210 g/mol. The molecule has 0 saturated carbocycles. The van der Waals surface area contributed by atoms with Gasteiger partial charge in [-0.2, -0.15) is 0 Å². The standard InChI is InChI=1S/C12H19FN2/c1-15(8-3-7-14)9-6-11-4-2-5-12(13)10-11/h2,4-5,10H,3,6-9,14H2,1H3. The molecule has 0 amide bonds. The van der Waals surface area contributed by atoms with Crippen molar-refractivity contribution in [3.05, 3.63) is 35.6 Å². The summed E-state index contributed by atoms with van der Waals surface area (Å²) in [5.41, 5.74) is 6.48. The van der Waals surface area contributed by atoms with Crippen LogP contribution in [0.3, 0.4) is 0 Å². The van der Waals surface area contributed by atoms with Crippen molar-refractivity contribution in [3.63, 3.8) is 0 Å². The van der Waals surface area contributed by atoms with Crippen LogP contribution in [0.15, 0.2) is 24.3 Å². The molecule has 0 saturated heterocycles. The lowest BCUT2D eigenvalue weighted by molar-refractivity contribution is 0.335. The molecule has 0 aliphatic carbocycles. The van der Waals surface area contributed by atoms with Gasteiger partial charge in [0.1, 0.15) is 5.82 Å². The summed E-state index contributed by atoms with van der Waals surface area (Å²) in [5.74, 6) is -0.155. The fourth-order valence-electron chi connectivity index (χ4n) is 1.49. The Morgan fingerprint density at radius 1 is 1.33 bits per heavy atom. The highest BCUT2D eigenvalue weighted by Gasteiger charge is 1.99. The van der Waals surface area contributed by atoms with Gasteiger partial charge in [-0.1, -0.05) is 12.1 Å². The molecule has 2 N–H and O–H groups in total. The molecular formula is C12H19FN2. The van der Waals surface area contributed by atoms with Gasteiger partial charge >= 0.3 is 0 Å². The van der Waals surface area contributed by atoms with E-state index in [4.69, 9.17) is 5.73 Å². The van der Waals surface area contributed by atoms with Gasteiger partial charge in [0.2, 0.25) is 0 Å². The molecule has 0 aliphatic rings. The quantitative estimate of drug-likeness (QED) is 0.773. The Balaban J connectivity index is 2.30. The topological polar surface area (TPSA) is 29.3 Å². The first-order valence-corrected chi connectivity index (χ1v) is 5.35. The lowest BCUT2D eigenvalue weighted by Gasteiger charge is -2.15. The van der Waals surface area contributed by atoms with E-state index in [1.54, 1.807) is 12.1 Å². The third-order valence-electron chi connectivity index (χ3n) is 2.42. The van der Waals surface area contributed by atoms with Crippen LogP contribution >= 0.6 is 0 Å². The number of hydrogen-bond acceptors (Lipinski definition) is 2. The maximum atomic E-state index is 12.9. The summed E-state index contributed by atoms with van der Waals surface area (Å²) in [5, 5.41) is 0. The molecule has 0 heterocycles. The second kappa shape index (κ2) is 6.53. The summed E-state index contributed by atoms with van der Waals surface area (Å²) in [4.78, 5) is 2.22. The number of hydrogen-bond donors (Lipinski definition) is 1. The number of rotatable bonds is 6. The third kappa shape index (κ3) is 4.91. The zero-order valence-electron chi connectivity index (χ0n) is 9.25. The number of benzene rings is 1. The van der Waals surface area contributed by atoms with Crippen molar-refractivity contribution >= 4 is 0 Å². The molecule has 1 rings (SSSR count). The highest BCUT2D eigenvalue weighted by atomic mass is 19.1. The van der Waals surface area contributed by atoms with Crippen molar-refractivity contribution in [1.29, 1.82) is 0 Å². The Morgan fingerprint density at radius 2 is 2.13 bits per heavy atom. The van der Waals surface area contributed by atoms with Gasteiger partial charge in [-0.05, 0) is 50.7 Å². The first-order valence-electron chi connectivity index (χ1n) is 5.35. The summed E-state index contributed by atoms with van der Waals surface area (Å²) in [6.07, 6.45) is 1.90. The molecule has 15 heavy (non-hydrogen) atoms. The van der Waals surface area contributed by atoms with Crippen molar-refractivity contribution < 1.29 is 4.39 Å². The van der Waals surface area contributed by atoms with Gasteiger partial charge in [-0.15, -0.1) is 0 Å². The summed E-state index contributed by atoms with van der Waals surface area (Å²) in [6, 6.07) is 6.78. The normalized spacial score (nSPS) is 10.9. The van der Waals surface area contributed by atoms with Crippen LogP contribution in [0.25, 0.3) is 0 Å². The van der Waals surface area contributed by atoms with Crippen LogP contribution in [0, 0.1) is 5.82 Å². The molecule has 0 unspecified atom stereocenters. The van der Waals surface area contributed by atoms with Gasteiger partial charge in [-0.25, -0.2) is 4.39 Å². The molecule has 0 aromatic heterocycles. The number of likely N-dealkylation sites (N-methyl/N-ethyl adjacent to an activating group) is 1. The van der Waals surface area contributed by atoms with Gasteiger partial charge in [0.15, 0.2) is 0 Å². The minimum Gasteiger partial charge on any atom is -0.330 e. The van der Waals surface area contributed by atoms with E-state index in [0.717, 1.165) is 38.0 Å². The van der Waals surface area contributed by atoms with E-state index >= 15 is 0 Å². The molecule has 3 heteroatoms. The largest absolute Gasteiger partial charge is 0.330 e. The zero-order valence-corrected chi connectivity index (χ0v) is 9.25. The summed E-state index contributed by atoms with van der Waals surface area (Å²) < 4.78 is 12.9. The van der Waals surface area contributed by atoms with E-state index in [2.05, 4.69) is 11.9 Å². The molecule has 84 valence electrons. The highest BCUT2D eigenvalue weighted by molar-refractivity contribution is 5.16. The van der Waals surface area contributed by atoms with Crippen LogP contribution in [0.4, 0.5) is 4.39 Å². The van der Waals surface area contributed by atoms with Crippen LogP contribution in [0.2, 0.25) is 0 Å². The Hall–Kier alpha value is -0.930. The Labute approximate surface area is 90.9 Å². The SMILES string of the molecule is CN(CCCN)CCc1cccc(F)c1. The monoisotopic (exact) mass is 210 g/mol. The first-order chi connectivity index (χ1) is 7.22. The van der Waals surface area contributed by atoms with Gasteiger partial charge < -0.3 is 10.6 Å². The second-order valence-electron chi connectivity index (χ2n) is 3.83. The number of nitrogens with two attached hydrogens (primary N) is 1. The Morgan fingerprint density at radius 3 is 2.80 bits per heavy atom. The Kier molecular flexibility index (Phi) is 5.29. The molecule has 0 fully saturated rings. The number of halogens is 1. The first kappa shape index (κ1) is 12.1. The zero-order chi connectivity index (χ0) is 11.1. The molecular weight excluding hydrogens is 191 g/mol. The molecule has 2 nitrogen and oxygen atoms in total. The fourth-order valence-corrected chi connectivity index (χ4v) is 1.49. The minimum absolute atomic E-state index is 0.155.